The van der Waals surface area contributed by atoms with Crippen LogP contribution in [0.5, 0.6) is 0 Å². The van der Waals surface area contributed by atoms with Gasteiger partial charge in [-0.1, -0.05) is 6.07 Å². The maximum atomic E-state index is 6.17. The minimum Gasteiger partial charge on any atom is -0.352 e. The first kappa shape index (κ1) is 14.7. The molecule has 0 spiro atoms. The Morgan fingerprint density at radius 2 is 1.86 bits per heavy atom. The minimum absolute atomic E-state index is 0.236. The zero-order chi connectivity index (χ0) is 15.0. The van der Waals surface area contributed by atoms with Crippen LogP contribution in [0.1, 0.15) is 26.5 Å². The molecule has 0 radical (unpaired) electrons. The van der Waals surface area contributed by atoms with Crippen LogP contribution in [0.15, 0.2) is 24.4 Å². The summed E-state index contributed by atoms with van der Waals surface area (Å²) < 4.78 is 2.10. The standard InChI is InChI=1S/C16H23ClN4/c1-16(2,3)20-10-8-19(9-11-20)15-13(12-17)21-7-5-4-6-14(21)18-15/h4-7H,8-12H2,1-3H3. The number of anilines is 1. The zero-order valence-corrected chi connectivity index (χ0v) is 13.8. The Balaban J connectivity index is 1.85. The molecule has 0 bridgehead atoms. The largest absolute Gasteiger partial charge is 0.352 e. The average Bonchev–Trinajstić information content (AvgIpc) is 2.85. The molecule has 2 aromatic heterocycles. The van der Waals surface area contributed by atoms with E-state index in [1.807, 2.05) is 24.4 Å². The van der Waals surface area contributed by atoms with E-state index in [9.17, 15) is 0 Å². The summed E-state index contributed by atoms with van der Waals surface area (Å²) in [5, 5.41) is 0. The van der Waals surface area contributed by atoms with Gasteiger partial charge in [-0.15, -0.1) is 11.6 Å². The van der Waals surface area contributed by atoms with Crippen LogP contribution in [0.2, 0.25) is 0 Å². The summed E-state index contributed by atoms with van der Waals surface area (Å²) in [5.41, 5.74) is 2.30. The van der Waals surface area contributed by atoms with E-state index in [1.165, 1.54) is 0 Å². The van der Waals surface area contributed by atoms with E-state index < -0.39 is 0 Å². The van der Waals surface area contributed by atoms with Gasteiger partial charge in [0, 0.05) is 37.9 Å². The second-order valence-corrected chi connectivity index (χ2v) is 6.86. The lowest BCUT2D eigenvalue weighted by molar-refractivity contribution is 0.128. The second kappa shape index (κ2) is 5.50. The maximum Gasteiger partial charge on any atom is 0.152 e. The number of halogens is 1. The van der Waals surface area contributed by atoms with Crippen LogP contribution < -0.4 is 4.90 Å². The number of hydrogen-bond donors (Lipinski definition) is 0. The topological polar surface area (TPSA) is 23.8 Å². The normalized spacial score (nSPS) is 17.6. The number of fused-ring (bicyclic) bond motifs is 1. The van der Waals surface area contributed by atoms with E-state index >= 15 is 0 Å². The molecule has 0 aliphatic carbocycles. The molecular weight excluding hydrogens is 284 g/mol. The van der Waals surface area contributed by atoms with Crippen LogP contribution in [0.3, 0.4) is 0 Å². The zero-order valence-electron chi connectivity index (χ0n) is 13.0. The van der Waals surface area contributed by atoms with Crippen LogP contribution in [-0.4, -0.2) is 46.0 Å². The first-order valence-corrected chi connectivity index (χ1v) is 8.06. The molecule has 3 heterocycles. The fourth-order valence-electron chi connectivity index (χ4n) is 3.00. The summed E-state index contributed by atoms with van der Waals surface area (Å²) in [5.74, 6) is 1.53. The molecule has 1 aliphatic rings. The highest BCUT2D eigenvalue weighted by Crippen LogP contribution is 2.26. The molecule has 1 aliphatic heterocycles. The lowest BCUT2D eigenvalue weighted by Crippen LogP contribution is -2.53. The van der Waals surface area contributed by atoms with Crippen molar-refractivity contribution in [2.75, 3.05) is 31.1 Å². The molecule has 21 heavy (non-hydrogen) atoms. The summed E-state index contributed by atoms with van der Waals surface area (Å²) >= 11 is 6.17. The molecule has 1 fully saturated rings. The second-order valence-electron chi connectivity index (χ2n) is 6.59. The van der Waals surface area contributed by atoms with E-state index in [2.05, 4.69) is 35.0 Å². The number of aromatic nitrogens is 2. The lowest BCUT2D eigenvalue weighted by Gasteiger charge is -2.42. The van der Waals surface area contributed by atoms with Gasteiger partial charge in [0.05, 0.1) is 11.6 Å². The van der Waals surface area contributed by atoms with Gasteiger partial charge in [-0.3, -0.25) is 4.90 Å². The molecule has 0 saturated carbocycles. The predicted octanol–water partition coefficient (Wildman–Crippen LogP) is 2.99. The van der Waals surface area contributed by atoms with E-state index in [-0.39, 0.29) is 5.54 Å². The number of alkyl halides is 1. The van der Waals surface area contributed by atoms with Crippen molar-refractivity contribution in [3.05, 3.63) is 30.1 Å². The summed E-state index contributed by atoms with van der Waals surface area (Å²) in [7, 11) is 0. The fourth-order valence-corrected chi connectivity index (χ4v) is 3.25. The van der Waals surface area contributed by atoms with Gasteiger partial charge >= 0.3 is 0 Å². The Morgan fingerprint density at radius 1 is 1.14 bits per heavy atom. The highest BCUT2D eigenvalue weighted by molar-refractivity contribution is 6.17. The van der Waals surface area contributed by atoms with Crippen LogP contribution in [0.25, 0.3) is 5.65 Å². The molecule has 1 saturated heterocycles. The Hall–Kier alpha value is -1.26. The first-order valence-electron chi connectivity index (χ1n) is 7.52. The van der Waals surface area contributed by atoms with Crippen molar-refractivity contribution < 1.29 is 0 Å². The van der Waals surface area contributed by atoms with Crippen molar-refractivity contribution >= 4 is 23.1 Å². The van der Waals surface area contributed by atoms with E-state index in [1.54, 1.807) is 0 Å². The Morgan fingerprint density at radius 3 is 2.48 bits per heavy atom. The number of hydrogen-bond acceptors (Lipinski definition) is 3. The number of imidazole rings is 1. The van der Waals surface area contributed by atoms with Gasteiger partial charge in [-0.25, -0.2) is 4.98 Å². The third-order valence-electron chi connectivity index (χ3n) is 4.26. The van der Waals surface area contributed by atoms with Gasteiger partial charge in [-0.05, 0) is 32.9 Å². The van der Waals surface area contributed by atoms with Gasteiger partial charge in [0.2, 0.25) is 0 Å². The molecule has 0 amide bonds. The Bertz CT molecular complexity index is 621. The number of rotatable bonds is 2. The van der Waals surface area contributed by atoms with Gasteiger partial charge in [0.15, 0.2) is 5.82 Å². The fraction of sp³-hybridized carbons (Fsp3) is 0.562. The smallest absolute Gasteiger partial charge is 0.152 e. The van der Waals surface area contributed by atoms with Crippen molar-refractivity contribution in [2.45, 2.75) is 32.2 Å². The maximum absolute atomic E-state index is 6.17. The Kier molecular flexibility index (Phi) is 3.84. The summed E-state index contributed by atoms with van der Waals surface area (Å²) in [6.45, 7) is 11.0. The molecule has 0 unspecified atom stereocenters. The molecule has 0 aromatic carbocycles. The molecule has 3 rings (SSSR count). The van der Waals surface area contributed by atoms with Crippen LogP contribution in [0, 0.1) is 0 Å². The van der Waals surface area contributed by atoms with Crippen LogP contribution in [-0.2, 0) is 5.88 Å². The minimum atomic E-state index is 0.236. The van der Waals surface area contributed by atoms with Crippen molar-refractivity contribution in [3.63, 3.8) is 0 Å². The quantitative estimate of drug-likeness (QED) is 0.797. The number of nitrogens with zero attached hydrogens (tertiary/aromatic N) is 4. The highest BCUT2D eigenvalue weighted by Gasteiger charge is 2.28. The van der Waals surface area contributed by atoms with Gasteiger partial charge in [0.1, 0.15) is 5.65 Å². The third-order valence-corrected chi connectivity index (χ3v) is 4.52. The monoisotopic (exact) mass is 306 g/mol. The van der Waals surface area contributed by atoms with Crippen molar-refractivity contribution in [2.24, 2.45) is 0 Å². The third kappa shape index (κ3) is 2.74. The molecule has 0 atom stereocenters. The Labute approximate surface area is 131 Å². The van der Waals surface area contributed by atoms with Gasteiger partial charge in [-0.2, -0.15) is 0 Å². The number of pyridine rings is 1. The average molecular weight is 307 g/mol. The lowest BCUT2D eigenvalue weighted by atomic mass is 10.0. The summed E-state index contributed by atoms with van der Waals surface area (Å²) in [6, 6.07) is 6.07. The van der Waals surface area contributed by atoms with Crippen molar-refractivity contribution in [1.82, 2.24) is 14.3 Å². The summed E-state index contributed by atoms with van der Waals surface area (Å²) in [4.78, 5) is 9.68. The van der Waals surface area contributed by atoms with Crippen LogP contribution >= 0.6 is 11.6 Å². The molecule has 2 aromatic rings. The SMILES string of the molecule is CC(C)(C)N1CCN(c2nc3ccccn3c2CCl)CC1. The predicted molar refractivity (Wildman–Crippen MR) is 88.3 cm³/mol. The van der Waals surface area contributed by atoms with E-state index in [4.69, 9.17) is 16.6 Å². The van der Waals surface area contributed by atoms with E-state index in [0.29, 0.717) is 5.88 Å². The molecule has 0 N–H and O–H groups in total. The van der Waals surface area contributed by atoms with Crippen molar-refractivity contribution in [1.29, 1.82) is 0 Å². The molecule has 4 nitrogen and oxygen atoms in total. The molecule has 114 valence electrons. The van der Waals surface area contributed by atoms with E-state index in [0.717, 1.165) is 43.3 Å². The van der Waals surface area contributed by atoms with Gasteiger partial charge < -0.3 is 9.30 Å². The highest BCUT2D eigenvalue weighted by atomic mass is 35.5. The van der Waals surface area contributed by atoms with Gasteiger partial charge in [0.25, 0.3) is 0 Å². The molecule has 5 heteroatoms. The van der Waals surface area contributed by atoms with Crippen LogP contribution in [0.4, 0.5) is 5.82 Å². The number of piperazine rings is 1. The summed E-state index contributed by atoms with van der Waals surface area (Å²) in [6.07, 6.45) is 2.04. The molecular formula is C16H23ClN4. The first-order chi connectivity index (χ1) is 10.0. The van der Waals surface area contributed by atoms with Crippen molar-refractivity contribution in [3.8, 4) is 0 Å².